The fourth-order valence-electron chi connectivity index (χ4n) is 4.59. The minimum absolute atomic E-state index is 0.371. The van der Waals surface area contributed by atoms with Gasteiger partial charge in [0.15, 0.2) is 0 Å². The summed E-state index contributed by atoms with van der Waals surface area (Å²) in [6.45, 7) is -0.371. The summed E-state index contributed by atoms with van der Waals surface area (Å²) in [4.78, 5) is 11.7. The molecule has 20 heavy (non-hydrogen) atoms. The van der Waals surface area contributed by atoms with Crippen molar-refractivity contribution in [3.05, 3.63) is 0 Å². The maximum absolute atomic E-state index is 11.7. The highest BCUT2D eigenvalue weighted by Crippen LogP contribution is 2.57. The highest BCUT2D eigenvalue weighted by Gasteiger charge is 2.53. The summed E-state index contributed by atoms with van der Waals surface area (Å²) in [6, 6.07) is 0. The predicted octanol–water partition coefficient (Wildman–Crippen LogP) is 2.00. The Labute approximate surface area is 118 Å². The van der Waals surface area contributed by atoms with Crippen molar-refractivity contribution >= 4 is 16.3 Å². The zero-order valence-electron chi connectivity index (χ0n) is 11.3. The molecular weight excluding hydrogens is 284 g/mol. The van der Waals surface area contributed by atoms with Gasteiger partial charge in [0.2, 0.25) is 0 Å². The molecule has 0 aromatic rings. The molecule has 0 spiro atoms. The van der Waals surface area contributed by atoms with Crippen molar-refractivity contribution in [3.8, 4) is 0 Å². The Bertz CT molecular complexity index is 462. The van der Waals surface area contributed by atoms with E-state index in [2.05, 4.69) is 0 Å². The highest BCUT2D eigenvalue weighted by atomic mass is 32.2. The summed E-state index contributed by atoms with van der Waals surface area (Å²) in [6.07, 6.45) is 5.67. The summed E-state index contributed by atoms with van der Waals surface area (Å²) >= 11 is 0. The zero-order chi connectivity index (χ0) is 14.4. The van der Waals surface area contributed by atoms with Crippen LogP contribution in [0.15, 0.2) is 0 Å². The average molecular weight is 304 g/mol. The first-order chi connectivity index (χ1) is 9.34. The monoisotopic (exact) mass is 304 g/mol. The van der Waals surface area contributed by atoms with E-state index in [-0.39, 0.29) is 12.2 Å². The fraction of sp³-hybridized carbons (Fsp3) is 0.923. The van der Waals surface area contributed by atoms with E-state index in [0.717, 1.165) is 19.3 Å². The van der Waals surface area contributed by atoms with Crippen molar-refractivity contribution < 1.29 is 27.2 Å². The third-order valence-electron chi connectivity index (χ3n) is 4.84. The van der Waals surface area contributed by atoms with E-state index in [1.807, 2.05) is 0 Å². The quantitative estimate of drug-likeness (QED) is 0.631. The van der Waals surface area contributed by atoms with Gasteiger partial charge in [0, 0.05) is 0 Å². The second-order valence-corrected chi connectivity index (χ2v) is 8.16. The predicted molar refractivity (Wildman–Crippen MR) is 69.8 cm³/mol. The topological polar surface area (TPSA) is 89.9 Å². The SMILES string of the molecule is O=C(OCCS(=O)(=O)O)OC12CC3CC(CC(C3)C1)C2. The summed E-state index contributed by atoms with van der Waals surface area (Å²) in [5.41, 5.74) is -0.385. The summed E-state index contributed by atoms with van der Waals surface area (Å²) in [5.74, 6) is 1.38. The van der Waals surface area contributed by atoms with E-state index in [1.54, 1.807) is 0 Å². The zero-order valence-corrected chi connectivity index (χ0v) is 12.1. The van der Waals surface area contributed by atoms with Crippen LogP contribution in [0, 0.1) is 17.8 Å². The average Bonchev–Trinajstić information content (AvgIpc) is 2.23. The van der Waals surface area contributed by atoms with Crippen molar-refractivity contribution in [2.75, 3.05) is 12.4 Å². The van der Waals surface area contributed by atoms with Gasteiger partial charge in [-0.25, -0.2) is 4.79 Å². The van der Waals surface area contributed by atoms with E-state index >= 15 is 0 Å². The number of ether oxygens (including phenoxy) is 2. The first-order valence-corrected chi connectivity index (χ1v) is 8.75. The molecule has 0 aromatic carbocycles. The van der Waals surface area contributed by atoms with Crippen LogP contribution >= 0.6 is 0 Å². The maximum Gasteiger partial charge on any atom is 0.508 e. The third kappa shape index (κ3) is 3.09. The molecule has 0 unspecified atom stereocenters. The van der Waals surface area contributed by atoms with Gasteiger partial charge in [-0.2, -0.15) is 8.42 Å². The van der Waals surface area contributed by atoms with Crippen molar-refractivity contribution in [2.45, 2.75) is 44.1 Å². The summed E-state index contributed by atoms with van der Waals surface area (Å²) in [7, 11) is -4.11. The van der Waals surface area contributed by atoms with Crippen LogP contribution in [0.3, 0.4) is 0 Å². The highest BCUT2D eigenvalue weighted by molar-refractivity contribution is 7.85. The lowest BCUT2D eigenvalue weighted by Gasteiger charge is -2.55. The summed E-state index contributed by atoms with van der Waals surface area (Å²) < 4.78 is 40.0. The van der Waals surface area contributed by atoms with Crippen molar-refractivity contribution in [3.63, 3.8) is 0 Å². The molecule has 4 bridgehead atoms. The number of carbonyl (C=O) groups excluding carboxylic acids is 1. The van der Waals surface area contributed by atoms with Gasteiger partial charge in [-0.15, -0.1) is 0 Å². The first-order valence-electron chi connectivity index (χ1n) is 7.14. The van der Waals surface area contributed by atoms with E-state index < -0.39 is 22.0 Å². The molecule has 114 valence electrons. The van der Waals surface area contributed by atoms with Crippen LogP contribution in [0.4, 0.5) is 4.79 Å². The Morgan fingerprint density at radius 1 is 1.10 bits per heavy atom. The first kappa shape index (κ1) is 14.1. The Hall–Kier alpha value is -0.820. The van der Waals surface area contributed by atoms with Gasteiger partial charge in [0.05, 0.1) is 0 Å². The van der Waals surface area contributed by atoms with Crippen LogP contribution in [0.2, 0.25) is 0 Å². The summed E-state index contributed by atoms with van der Waals surface area (Å²) in [5, 5.41) is 0. The molecule has 4 rings (SSSR count). The number of hydrogen-bond acceptors (Lipinski definition) is 5. The van der Waals surface area contributed by atoms with Crippen LogP contribution in [-0.2, 0) is 19.6 Å². The van der Waals surface area contributed by atoms with Crippen LogP contribution in [0.5, 0.6) is 0 Å². The number of hydrogen-bond donors (Lipinski definition) is 1. The lowest BCUT2D eigenvalue weighted by atomic mass is 9.54. The molecule has 4 saturated carbocycles. The Kier molecular flexibility index (Phi) is 3.44. The molecule has 0 heterocycles. The lowest BCUT2D eigenvalue weighted by Crippen LogP contribution is -2.52. The van der Waals surface area contributed by atoms with E-state index in [4.69, 9.17) is 14.0 Å². The molecule has 0 aromatic heterocycles. The molecule has 4 fully saturated rings. The van der Waals surface area contributed by atoms with E-state index in [1.165, 1.54) is 19.3 Å². The van der Waals surface area contributed by atoms with E-state index in [0.29, 0.717) is 17.8 Å². The van der Waals surface area contributed by atoms with Crippen LogP contribution in [-0.4, -0.2) is 37.1 Å². The molecule has 7 heteroatoms. The Balaban J connectivity index is 1.54. The van der Waals surface area contributed by atoms with Gasteiger partial charge in [0.1, 0.15) is 18.0 Å². The fourth-order valence-corrected chi connectivity index (χ4v) is 4.89. The smallest absolute Gasteiger partial charge is 0.433 e. The molecular formula is C13H20O6S. The molecule has 6 nitrogen and oxygen atoms in total. The van der Waals surface area contributed by atoms with Gasteiger partial charge in [-0.05, 0) is 56.3 Å². The second-order valence-electron chi connectivity index (χ2n) is 6.59. The van der Waals surface area contributed by atoms with Crippen LogP contribution in [0.1, 0.15) is 38.5 Å². The second kappa shape index (κ2) is 4.87. The Morgan fingerprint density at radius 2 is 1.60 bits per heavy atom. The molecule has 0 saturated heterocycles. The third-order valence-corrected chi connectivity index (χ3v) is 5.53. The van der Waals surface area contributed by atoms with Crippen LogP contribution in [0.25, 0.3) is 0 Å². The lowest BCUT2D eigenvalue weighted by molar-refractivity contribution is -0.141. The minimum atomic E-state index is -4.11. The Morgan fingerprint density at radius 3 is 2.05 bits per heavy atom. The van der Waals surface area contributed by atoms with Gasteiger partial charge >= 0.3 is 6.16 Å². The van der Waals surface area contributed by atoms with Gasteiger partial charge in [0.25, 0.3) is 10.1 Å². The van der Waals surface area contributed by atoms with E-state index in [9.17, 15) is 13.2 Å². The largest absolute Gasteiger partial charge is 0.508 e. The number of rotatable bonds is 4. The standard InChI is InChI=1S/C13H20O6S/c14-12(18-1-2-20(15,16)17)19-13-6-9-3-10(7-13)5-11(4-9)8-13/h9-11H,1-8H2,(H,15,16,17). The molecule has 4 aliphatic carbocycles. The van der Waals surface area contributed by atoms with Crippen molar-refractivity contribution in [2.24, 2.45) is 17.8 Å². The number of carbonyl (C=O) groups is 1. The van der Waals surface area contributed by atoms with Gasteiger partial charge < -0.3 is 9.47 Å². The van der Waals surface area contributed by atoms with Gasteiger partial charge in [-0.3, -0.25) is 4.55 Å². The van der Waals surface area contributed by atoms with Crippen LogP contribution < -0.4 is 0 Å². The molecule has 0 radical (unpaired) electrons. The molecule has 4 aliphatic rings. The molecule has 1 N–H and O–H groups in total. The maximum atomic E-state index is 11.7. The molecule has 0 amide bonds. The molecule has 0 aliphatic heterocycles. The normalized spacial score (nSPS) is 38.8. The minimum Gasteiger partial charge on any atom is -0.433 e. The van der Waals surface area contributed by atoms with Gasteiger partial charge in [-0.1, -0.05) is 0 Å². The van der Waals surface area contributed by atoms with Crippen molar-refractivity contribution in [1.29, 1.82) is 0 Å². The molecule has 0 atom stereocenters. The van der Waals surface area contributed by atoms with Crippen molar-refractivity contribution in [1.82, 2.24) is 0 Å².